The molecule has 3 N–H and O–H groups in total. The molecule has 2 aromatic rings. The molecule has 0 aliphatic rings. The van der Waals surface area contributed by atoms with Gasteiger partial charge in [0.05, 0.1) is 0 Å². The molecule has 0 bridgehead atoms. The Hall–Kier alpha value is -2.01. The number of benzene rings is 2. The molecular weight excluding hydrogens is 320 g/mol. The van der Waals surface area contributed by atoms with Crippen molar-refractivity contribution < 1.29 is 9.53 Å². The first-order chi connectivity index (χ1) is 9.63. The van der Waals surface area contributed by atoms with Crippen molar-refractivity contribution in [3.63, 3.8) is 0 Å². The minimum absolute atomic E-state index is 0.102. The lowest BCUT2D eigenvalue weighted by Crippen LogP contribution is -2.19. The Morgan fingerprint density at radius 3 is 2.60 bits per heavy atom. The van der Waals surface area contributed by atoms with Crippen LogP contribution in [-0.4, -0.2) is 12.5 Å². The highest BCUT2D eigenvalue weighted by atomic mass is 79.9. The largest absolute Gasteiger partial charge is 0.484 e. The zero-order chi connectivity index (χ0) is 14.4. The van der Waals surface area contributed by atoms with Crippen LogP contribution in [0.15, 0.2) is 53.0 Å². The lowest BCUT2D eigenvalue weighted by atomic mass is 10.2. The fourth-order valence-corrected chi connectivity index (χ4v) is 2.06. The Balaban J connectivity index is 1.89. The topological polar surface area (TPSA) is 64.4 Å². The Labute approximate surface area is 126 Å². The summed E-state index contributed by atoms with van der Waals surface area (Å²) in [6.07, 6.45) is 0. The van der Waals surface area contributed by atoms with Gasteiger partial charge in [-0.1, -0.05) is 34.1 Å². The van der Waals surface area contributed by atoms with E-state index in [4.69, 9.17) is 10.5 Å². The van der Waals surface area contributed by atoms with E-state index in [1.165, 1.54) is 0 Å². The molecular formula is C15H15BrN2O2. The second-order valence-electron chi connectivity index (χ2n) is 4.26. The number of ether oxygens (including phenoxy) is 1. The molecule has 0 unspecified atom stereocenters. The van der Waals surface area contributed by atoms with Crippen LogP contribution in [-0.2, 0) is 11.3 Å². The number of halogens is 1. The molecule has 0 atom stereocenters. The van der Waals surface area contributed by atoms with Crippen LogP contribution in [0.2, 0.25) is 0 Å². The van der Waals surface area contributed by atoms with E-state index in [1.54, 1.807) is 0 Å². The SMILES string of the molecule is NC(=O)COc1ccc(CNc2cccc(Br)c2)cc1. The number of carbonyl (C=O) groups is 1. The van der Waals surface area contributed by atoms with Gasteiger partial charge in [-0.3, -0.25) is 4.79 Å². The minimum atomic E-state index is -0.481. The molecule has 2 rings (SSSR count). The number of rotatable bonds is 6. The van der Waals surface area contributed by atoms with Gasteiger partial charge in [0, 0.05) is 16.7 Å². The second kappa shape index (κ2) is 6.96. The zero-order valence-electron chi connectivity index (χ0n) is 10.8. The van der Waals surface area contributed by atoms with E-state index in [1.807, 2.05) is 48.5 Å². The van der Waals surface area contributed by atoms with Crippen LogP contribution in [0, 0.1) is 0 Å². The number of nitrogens with two attached hydrogens (primary N) is 1. The van der Waals surface area contributed by atoms with Crippen LogP contribution in [0.5, 0.6) is 5.75 Å². The highest BCUT2D eigenvalue weighted by Crippen LogP contribution is 2.17. The van der Waals surface area contributed by atoms with Crippen LogP contribution < -0.4 is 15.8 Å². The van der Waals surface area contributed by atoms with Crippen molar-refractivity contribution in [3.8, 4) is 5.75 Å². The molecule has 20 heavy (non-hydrogen) atoms. The van der Waals surface area contributed by atoms with Crippen molar-refractivity contribution in [3.05, 3.63) is 58.6 Å². The van der Waals surface area contributed by atoms with Crippen molar-refractivity contribution in [2.75, 3.05) is 11.9 Å². The standard InChI is InChI=1S/C15H15BrN2O2/c16-12-2-1-3-13(8-12)18-9-11-4-6-14(7-5-11)20-10-15(17)19/h1-8,18H,9-10H2,(H2,17,19). The van der Waals surface area contributed by atoms with Crippen LogP contribution in [0.4, 0.5) is 5.69 Å². The predicted molar refractivity (Wildman–Crippen MR) is 82.6 cm³/mol. The lowest BCUT2D eigenvalue weighted by Gasteiger charge is -2.08. The van der Waals surface area contributed by atoms with Gasteiger partial charge in [-0.15, -0.1) is 0 Å². The molecule has 0 fully saturated rings. The molecule has 0 saturated carbocycles. The monoisotopic (exact) mass is 334 g/mol. The van der Waals surface area contributed by atoms with Gasteiger partial charge < -0.3 is 15.8 Å². The zero-order valence-corrected chi connectivity index (χ0v) is 12.4. The molecule has 4 nitrogen and oxygen atoms in total. The minimum Gasteiger partial charge on any atom is -0.484 e. The third-order valence-corrected chi connectivity index (χ3v) is 3.12. The molecule has 0 aromatic heterocycles. The van der Waals surface area contributed by atoms with E-state index in [-0.39, 0.29) is 6.61 Å². The summed E-state index contributed by atoms with van der Waals surface area (Å²) in [6.45, 7) is 0.613. The highest BCUT2D eigenvalue weighted by Gasteiger charge is 1.99. The van der Waals surface area contributed by atoms with Crippen LogP contribution in [0.3, 0.4) is 0 Å². The average molecular weight is 335 g/mol. The van der Waals surface area contributed by atoms with Crippen molar-refractivity contribution in [2.45, 2.75) is 6.54 Å². The molecule has 2 aromatic carbocycles. The quantitative estimate of drug-likeness (QED) is 0.853. The number of hydrogen-bond acceptors (Lipinski definition) is 3. The summed E-state index contributed by atoms with van der Waals surface area (Å²) in [6, 6.07) is 15.5. The fraction of sp³-hybridized carbons (Fsp3) is 0.133. The maximum Gasteiger partial charge on any atom is 0.255 e. The van der Waals surface area contributed by atoms with Gasteiger partial charge in [0.1, 0.15) is 5.75 Å². The van der Waals surface area contributed by atoms with E-state index >= 15 is 0 Å². The van der Waals surface area contributed by atoms with Gasteiger partial charge >= 0.3 is 0 Å². The summed E-state index contributed by atoms with van der Waals surface area (Å²) >= 11 is 3.43. The normalized spacial score (nSPS) is 10.1. The second-order valence-corrected chi connectivity index (χ2v) is 5.18. The van der Waals surface area contributed by atoms with Crippen molar-refractivity contribution in [2.24, 2.45) is 5.73 Å². The third kappa shape index (κ3) is 4.59. The molecule has 0 spiro atoms. The highest BCUT2D eigenvalue weighted by molar-refractivity contribution is 9.10. The molecule has 0 heterocycles. The fourth-order valence-electron chi connectivity index (χ4n) is 1.66. The van der Waals surface area contributed by atoms with Gasteiger partial charge in [0.15, 0.2) is 6.61 Å². The lowest BCUT2D eigenvalue weighted by molar-refractivity contribution is -0.119. The number of amides is 1. The first-order valence-corrected chi connectivity index (χ1v) is 6.92. The maximum absolute atomic E-state index is 10.6. The van der Waals surface area contributed by atoms with Gasteiger partial charge in [-0.05, 0) is 35.9 Å². The van der Waals surface area contributed by atoms with Crippen LogP contribution in [0.1, 0.15) is 5.56 Å². The maximum atomic E-state index is 10.6. The van der Waals surface area contributed by atoms with E-state index in [0.29, 0.717) is 12.3 Å². The summed E-state index contributed by atoms with van der Waals surface area (Å²) in [4.78, 5) is 10.6. The molecule has 0 saturated heterocycles. The van der Waals surface area contributed by atoms with Gasteiger partial charge in [0.2, 0.25) is 0 Å². The Morgan fingerprint density at radius 2 is 1.95 bits per heavy atom. The van der Waals surface area contributed by atoms with Gasteiger partial charge in [-0.2, -0.15) is 0 Å². The molecule has 0 aliphatic carbocycles. The Kier molecular flexibility index (Phi) is 5.01. The molecule has 104 valence electrons. The Bertz CT molecular complexity index is 585. The summed E-state index contributed by atoms with van der Waals surface area (Å²) in [7, 11) is 0. The van der Waals surface area contributed by atoms with Crippen molar-refractivity contribution in [1.29, 1.82) is 0 Å². The summed E-state index contributed by atoms with van der Waals surface area (Å²) in [5.74, 6) is 0.153. The Morgan fingerprint density at radius 1 is 1.20 bits per heavy atom. The third-order valence-electron chi connectivity index (χ3n) is 2.63. The number of anilines is 1. The predicted octanol–water partition coefficient (Wildman–Crippen LogP) is 2.93. The van der Waals surface area contributed by atoms with E-state index in [2.05, 4.69) is 21.2 Å². The molecule has 0 radical (unpaired) electrons. The number of hydrogen-bond donors (Lipinski definition) is 2. The molecule has 0 aliphatic heterocycles. The number of nitrogens with one attached hydrogen (secondary N) is 1. The van der Waals surface area contributed by atoms with Crippen LogP contribution in [0.25, 0.3) is 0 Å². The van der Waals surface area contributed by atoms with E-state index in [9.17, 15) is 4.79 Å². The van der Waals surface area contributed by atoms with Crippen molar-refractivity contribution >= 4 is 27.5 Å². The summed E-state index contributed by atoms with van der Waals surface area (Å²) in [5.41, 5.74) is 7.19. The smallest absolute Gasteiger partial charge is 0.255 e. The summed E-state index contributed by atoms with van der Waals surface area (Å²) < 4.78 is 6.24. The first-order valence-electron chi connectivity index (χ1n) is 6.13. The molecule has 5 heteroatoms. The van der Waals surface area contributed by atoms with Gasteiger partial charge in [-0.25, -0.2) is 0 Å². The van der Waals surface area contributed by atoms with E-state index in [0.717, 1.165) is 15.7 Å². The van der Waals surface area contributed by atoms with Gasteiger partial charge in [0.25, 0.3) is 5.91 Å². The first kappa shape index (κ1) is 14.4. The summed E-state index contributed by atoms with van der Waals surface area (Å²) in [5, 5.41) is 3.33. The number of carbonyl (C=O) groups excluding carboxylic acids is 1. The van der Waals surface area contributed by atoms with Crippen LogP contribution >= 0.6 is 15.9 Å². The average Bonchev–Trinajstić information content (AvgIpc) is 2.44. The number of primary amides is 1. The molecule has 1 amide bonds. The van der Waals surface area contributed by atoms with E-state index < -0.39 is 5.91 Å². The van der Waals surface area contributed by atoms with Crippen molar-refractivity contribution in [1.82, 2.24) is 0 Å².